The average molecular weight is 262 g/mol. The largest absolute Gasteiger partial charge is 0.395 e. The van der Waals surface area contributed by atoms with Crippen molar-refractivity contribution in [2.24, 2.45) is 0 Å². The quantitative estimate of drug-likeness (QED) is 0.840. The lowest BCUT2D eigenvalue weighted by Crippen LogP contribution is -2.28. The summed E-state index contributed by atoms with van der Waals surface area (Å²) in [6.07, 6.45) is 3.12. The lowest BCUT2D eigenvalue weighted by atomic mass is 10.1. The summed E-state index contributed by atoms with van der Waals surface area (Å²) in [5.41, 5.74) is 2.56. The first kappa shape index (κ1) is 15.7. The van der Waals surface area contributed by atoms with Crippen LogP contribution in [0.2, 0.25) is 0 Å². The monoisotopic (exact) mass is 262 g/mol. The minimum Gasteiger partial charge on any atom is -0.395 e. The van der Waals surface area contributed by atoms with Crippen molar-refractivity contribution in [2.45, 2.75) is 27.2 Å². The Morgan fingerprint density at radius 3 is 2.58 bits per heavy atom. The Balaban J connectivity index is 0.000000861. The molecule has 1 heterocycles. The second kappa shape index (κ2) is 8.73. The number of para-hydroxylation sites is 1. The zero-order valence-electron chi connectivity index (χ0n) is 12.3. The maximum Gasteiger partial charge on any atom is 0.0558 e. The average Bonchev–Trinajstić information content (AvgIpc) is 2.89. The van der Waals surface area contributed by atoms with Crippen molar-refractivity contribution in [2.75, 3.05) is 26.2 Å². The molecule has 1 aromatic carbocycles. The molecule has 0 bridgehead atoms. The van der Waals surface area contributed by atoms with Gasteiger partial charge >= 0.3 is 0 Å². The number of rotatable bonds is 6. The molecule has 0 aliphatic heterocycles. The van der Waals surface area contributed by atoms with E-state index in [1.165, 1.54) is 16.5 Å². The van der Waals surface area contributed by atoms with Gasteiger partial charge in [-0.3, -0.25) is 0 Å². The molecule has 0 spiro atoms. The number of nitrogens with zero attached hydrogens (tertiary/aromatic N) is 1. The molecule has 0 unspecified atom stereocenters. The number of hydrogen-bond acceptors (Lipinski definition) is 2. The summed E-state index contributed by atoms with van der Waals surface area (Å²) in [4.78, 5) is 5.56. The standard InChI is InChI=1S/C14H20N2O.C2H6/c1-2-16(9-10-17)8-7-12-11-15-14-6-4-3-5-13(12)14;1-2/h3-6,11,15,17H,2,7-10H2,1H3;1-2H3. The Kier molecular flexibility index (Phi) is 7.23. The highest BCUT2D eigenvalue weighted by Gasteiger charge is 2.05. The van der Waals surface area contributed by atoms with E-state index in [1.807, 2.05) is 19.9 Å². The van der Waals surface area contributed by atoms with Crippen molar-refractivity contribution < 1.29 is 5.11 Å². The van der Waals surface area contributed by atoms with Crippen LogP contribution >= 0.6 is 0 Å². The number of hydrogen-bond donors (Lipinski definition) is 2. The van der Waals surface area contributed by atoms with E-state index in [9.17, 15) is 0 Å². The first-order valence-electron chi connectivity index (χ1n) is 7.23. The number of nitrogens with one attached hydrogen (secondary N) is 1. The van der Waals surface area contributed by atoms with Gasteiger partial charge < -0.3 is 15.0 Å². The van der Waals surface area contributed by atoms with Gasteiger partial charge in [-0.15, -0.1) is 0 Å². The second-order valence-electron chi connectivity index (χ2n) is 4.27. The number of H-pyrrole nitrogens is 1. The van der Waals surface area contributed by atoms with E-state index in [0.717, 1.165) is 26.1 Å². The predicted octanol–water partition coefficient (Wildman–Crippen LogP) is 3.05. The molecule has 3 nitrogen and oxygen atoms in total. The minimum absolute atomic E-state index is 0.238. The molecule has 1 aromatic heterocycles. The summed E-state index contributed by atoms with van der Waals surface area (Å²) in [7, 11) is 0. The number of fused-ring (bicyclic) bond motifs is 1. The molecule has 0 saturated heterocycles. The maximum absolute atomic E-state index is 8.95. The van der Waals surface area contributed by atoms with E-state index in [2.05, 4.69) is 41.2 Å². The van der Waals surface area contributed by atoms with E-state index < -0.39 is 0 Å². The van der Waals surface area contributed by atoms with Gasteiger partial charge in [0.1, 0.15) is 0 Å². The number of likely N-dealkylation sites (N-methyl/N-ethyl adjacent to an activating group) is 1. The molecule has 0 radical (unpaired) electrons. The molecule has 19 heavy (non-hydrogen) atoms. The van der Waals surface area contributed by atoms with Crippen LogP contribution in [-0.4, -0.2) is 41.2 Å². The van der Waals surface area contributed by atoms with Gasteiger partial charge in [-0.2, -0.15) is 0 Å². The Morgan fingerprint density at radius 1 is 1.16 bits per heavy atom. The lowest BCUT2D eigenvalue weighted by Gasteiger charge is -2.18. The van der Waals surface area contributed by atoms with Gasteiger partial charge in [0.15, 0.2) is 0 Å². The summed E-state index contributed by atoms with van der Waals surface area (Å²) >= 11 is 0. The second-order valence-corrected chi connectivity index (χ2v) is 4.27. The van der Waals surface area contributed by atoms with E-state index in [-0.39, 0.29) is 6.61 Å². The van der Waals surface area contributed by atoms with Gasteiger partial charge in [-0.05, 0) is 24.6 Å². The number of benzene rings is 1. The SMILES string of the molecule is CC.CCN(CCO)CCc1c[nH]c2ccccc12. The Hall–Kier alpha value is -1.32. The van der Waals surface area contributed by atoms with Gasteiger partial charge in [0.05, 0.1) is 6.61 Å². The number of aromatic nitrogens is 1. The molecule has 2 rings (SSSR count). The van der Waals surface area contributed by atoms with Gasteiger partial charge in [0, 0.05) is 30.2 Å². The van der Waals surface area contributed by atoms with Gasteiger partial charge in [0.25, 0.3) is 0 Å². The molecule has 0 atom stereocenters. The molecule has 3 heteroatoms. The van der Waals surface area contributed by atoms with Crippen LogP contribution in [0.5, 0.6) is 0 Å². The fourth-order valence-corrected chi connectivity index (χ4v) is 2.19. The first-order valence-corrected chi connectivity index (χ1v) is 7.23. The molecule has 0 aliphatic carbocycles. The van der Waals surface area contributed by atoms with Crippen molar-refractivity contribution in [1.29, 1.82) is 0 Å². The van der Waals surface area contributed by atoms with Gasteiger partial charge in [0.2, 0.25) is 0 Å². The van der Waals surface area contributed by atoms with Crippen molar-refractivity contribution in [1.82, 2.24) is 9.88 Å². The topological polar surface area (TPSA) is 39.3 Å². The number of aliphatic hydroxyl groups excluding tert-OH is 1. The Labute approximate surface area is 116 Å². The third kappa shape index (κ3) is 4.37. The van der Waals surface area contributed by atoms with Crippen molar-refractivity contribution in [3.63, 3.8) is 0 Å². The fourth-order valence-electron chi connectivity index (χ4n) is 2.19. The van der Waals surface area contributed by atoms with Gasteiger partial charge in [-0.25, -0.2) is 0 Å². The lowest BCUT2D eigenvalue weighted by molar-refractivity contribution is 0.203. The predicted molar refractivity (Wildman–Crippen MR) is 82.6 cm³/mol. The first-order chi connectivity index (χ1) is 9.35. The smallest absolute Gasteiger partial charge is 0.0558 e. The Morgan fingerprint density at radius 2 is 1.89 bits per heavy atom. The van der Waals surface area contributed by atoms with Crippen LogP contribution in [0.15, 0.2) is 30.5 Å². The van der Waals surface area contributed by atoms with Crippen molar-refractivity contribution >= 4 is 10.9 Å². The molecule has 0 fully saturated rings. The van der Waals surface area contributed by atoms with Crippen LogP contribution in [0.3, 0.4) is 0 Å². The summed E-state index contributed by atoms with van der Waals surface area (Å²) in [6.45, 7) is 9.12. The minimum atomic E-state index is 0.238. The molecular weight excluding hydrogens is 236 g/mol. The van der Waals surface area contributed by atoms with Gasteiger partial charge in [-0.1, -0.05) is 39.0 Å². The van der Waals surface area contributed by atoms with Crippen LogP contribution in [0.25, 0.3) is 10.9 Å². The number of aliphatic hydroxyl groups is 1. The van der Waals surface area contributed by atoms with Crippen molar-refractivity contribution in [3.8, 4) is 0 Å². The molecule has 2 N–H and O–H groups in total. The zero-order valence-corrected chi connectivity index (χ0v) is 12.3. The van der Waals surface area contributed by atoms with Crippen LogP contribution in [0.4, 0.5) is 0 Å². The molecule has 0 amide bonds. The Bertz CT molecular complexity index is 464. The zero-order chi connectivity index (χ0) is 14.1. The summed E-state index contributed by atoms with van der Waals surface area (Å²) < 4.78 is 0. The highest BCUT2D eigenvalue weighted by Crippen LogP contribution is 2.18. The summed E-state index contributed by atoms with van der Waals surface area (Å²) in [5, 5.41) is 10.3. The summed E-state index contributed by atoms with van der Waals surface area (Å²) in [5.74, 6) is 0. The van der Waals surface area contributed by atoms with E-state index >= 15 is 0 Å². The van der Waals surface area contributed by atoms with E-state index in [1.54, 1.807) is 0 Å². The third-order valence-electron chi connectivity index (χ3n) is 3.24. The molecule has 106 valence electrons. The van der Waals surface area contributed by atoms with Crippen LogP contribution in [0.1, 0.15) is 26.3 Å². The normalized spacial score (nSPS) is 10.6. The highest BCUT2D eigenvalue weighted by atomic mass is 16.3. The van der Waals surface area contributed by atoms with Crippen LogP contribution < -0.4 is 0 Å². The van der Waals surface area contributed by atoms with Crippen LogP contribution in [-0.2, 0) is 6.42 Å². The summed E-state index contributed by atoms with van der Waals surface area (Å²) in [6, 6.07) is 8.38. The van der Waals surface area contributed by atoms with Crippen LogP contribution in [0, 0.1) is 0 Å². The number of aromatic amines is 1. The fraction of sp³-hybridized carbons (Fsp3) is 0.500. The highest BCUT2D eigenvalue weighted by molar-refractivity contribution is 5.83. The molecule has 0 saturated carbocycles. The molecular formula is C16H26N2O. The molecule has 2 aromatic rings. The maximum atomic E-state index is 8.95. The van der Waals surface area contributed by atoms with Crippen molar-refractivity contribution in [3.05, 3.63) is 36.0 Å². The van der Waals surface area contributed by atoms with E-state index in [4.69, 9.17) is 5.11 Å². The molecule has 0 aliphatic rings. The third-order valence-corrected chi connectivity index (χ3v) is 3.24. The van der Waals surface area contributed by atoms with E-state index in [0.29, 0.717) is 0 Å².